The van der Waals surface area contributed by atoms with Crippen molar-refractivity contribution in [2.24, 2.45) is 0 Å². The molecule has 0 amide bonds. The van der Waals surface area contributed by atoms with Gasteiger partial charge in [-0.1, -0.05) is 0 Å². The van der Waals surface area contributed by atoms with Crippen LogP contribution in [0.25, 0.3) is 0 Å². The molecule has 0 spiro atoms. The van der Waals surface area contributed by atoms with E-state index in [-0.39, 0.29) is 17.0 Å². The molecule has 0 atom stereocenters. The summed E-state index contributed by atoms with van der Waals surface area (Å²) in [4.78, 5) is 0. The summed E-state index contributed by atoms with van der Waals surface area (Å²) in [7, 11) is 1.39. The van der Waals surface area contributed by atoms with Gasteiger partial charge in [-0.05, 0) is 28.1 Å². The molecule has 0 radical (unpaired) electrons. The molecule has 0 saturated carbocycles. The van der Waals surface area contributed by atoms with Crippen molar-refractivity contribution in [1.29, 1.82) is 0 Å². The topological polar surface area (TPSA) is 18.5 Å². The van der Waals surface area contributed by atoms with Gasteiger partial charge in [-0.25, -0.2) is 8.78 Å². The molecule has 0 aliphatic carbocycles. The minimum absolute atomic E-state index is 0.0375. The van der Waals surface area contributed by atoms with Crippen LogP contribution >= 0.6 is 15.9 Å². The van der Waals surface area contributed by atoms with Gasteiger partial charge in [0.2, 0.25) is 0 Å². The Morgan fingerprint density at radius 3 is 2.54 bits per heavy atom. The lowest BCUT2D eigenvalue weighted by atomic mass is 10.3. The molecular formula is C8H7BrF2O2. The Bertz CT molecular complexity index is 304. The summed E-state index contributed by atoms with van der Waals surface area (Å²) < 4.78 is 35.2. The van der Waals surface area contributed by atoms with E-state index in [1.807, 2.05) is 0 Å². The second-order valence-corrected chi connectivity index (χ2v) is 3.02. The molecule has 2 nitrogen and oxygen atoms in total. The molecule has 0 fully saturated rings. The van der Waals surface area contributed by atoms with E-state index >= 15 is 0 Å². The molecule has 5 heteroatoms. The van der Waals surface area contributed by atoms with Gasteiger partial charge in [-0.3, -0.25) is 0 Å². The highest BCUT2D eigenvalue weighted by Crippen LogP contribution is 2.30. The summed E-state index contributed by atoms with van der Waals surface area (Å²) in [6.45, 7) is -0.126. The molecule has 0 aliphatic heterocycles. The number of hydrogen-bond acceptors (Lipinski definition) is 2. The van der Waals surface area contributed by atoms with Crippen LogP contribution in [0.15, 0.2) is 16.6 Å². The van der Waals surface area contributed by atoms with Crippen LogP contribution in [0.2, 0.25) is 0 Å². The molecule has 0 unspecified atom stereocenters. The first-order valence-electron chi connectivity index (χ1n) is 3.42. The maximum absolute atomic E-state index is 13.0. The molecule has 0 saturated heterocycles. The number of benzene rings is 1. The van der Waals surface area contributed by atoms with E-state index in [1.54, 1.807) is 0 Å². The van der Waals surface area contributed by atoms with Crippen molar-refractivity contribution in [2.45, 2.75) is 0 Å². The second-order valence-electron chi connectivity index (χ2n) is 2.22. The van der Waals surface area contributed by atoms with Gasteiger partial charge in [0.15, 0.2) is 18.4 Å². The van der Waals surface area contributed by atoms with Crippen LogP contribution in [0.1, 0.15) is 0 Å². The number of rotatable bonds is 3. The van der Waals surface area contributed by atoms with Gasteiger partial charge in [-0.2, -0.15) is 0 Å². The lowest BCUT2D eigenvalue weighted by Gasteiger charge is -2.07. The third-order valence-corrected chi connectivity index (χ3v) is 2.06. The molecule has 0 bridgehead atoms. The zero-order valence-electron chi connectivity index (χ0n) is 6.81. The summed E-state index contributed by atoms with van der Waals surface area (Å²) in [6, 6.07) is 2.00. The quantitative estimate of drug-likeness (QED) is 0.609. The normalized spacial score (nSPS) is 10.2. The fraction of sp³-hybridized carbons (Fsp3) is 0.250. The lowest BCUT2D eigenvalue weighted by molar-refractivity contribution is 0.0474. The monoisotopic (exact) mass is 252 g/mol. The van der Waals surface area contributed by atoms with Gasteiger partial charge in [-0.15, -0.1) is 0 Å². The Kier molecular flexibility index (Phi) is 3.62. The van der Waals surface area contributed by atoms with Crippen LogP contribution in [-0.4, -0.2) is 13.9 Å². The molecule has 0 N–H and O–H groups in total. The number of hydrogen-bond donors (Lipinski definition) is 0. The predicted octanol–water partition coefficient (Wildman–Crippen LogP) is 2.71. The first-order chi connectivity index (χ1) is 6.16. The van der Waals surface area contributed by atoms with Crippen molar-refractivity contribution in [3.8, 4) is 5.75 Å². The summed E-state index contributed by atoms with van der Waals surface area (Å²) in [6.07, 6.45) is 0. The highest BCUT2D eigenvalue weighted by molar-refractivity contribution is 9.10. The van der Waals surface area contributed by atoms with Crippen LogP contribution in [0.5, 0.6) is 5.75 Å². The van der Waals surface area contributed by atoms with Gasteiger partial charge in [0.05, 0.1) is 4.47 Å². The molecule has 1 aromatic carbocycles. The Balaban J connectivity index is 2.96. The van der Waals surface area contributed by atoms with Gasteiger partial charge >= 0.3 is 0 Å². The smallest absolute Gasteiger partial charge is 0.188 e. The molecule has 72 valence electrons. The summed E-state index contributed by atoms with van der Waals surface area (Å²) in [5.41, 5.74) is 0. The standard InChI is InChI=1S/C8H7BrF2O2/c1-12-4-13-8-6(11)3-2-5(10)7(8)9/h2-3H,4H2,1H3. The highest BCUT2D eigenvalue weighted by atomic mass is 79.9. The molecular weight excluding hydrogens is 246 g/mol. The maximum atomic E-state index is 13.0. The van der Waals surface area contributed by atoms with Crippen LogP contribution in [0.4, 0.5) is 8.78 Å². The Labute approximate surface area is 82.6 Å². The van der Waals surface area contributed by atoms with Gasteiger partial charge in [0.25, 0.3) is 0 Å². The van der Waals surface area contributed by atoms with E-state index in [9.17, 15) is 8.78 Å². The molecule has 13 heavy (non-hydrogen) atoms. The zero-order chi connectivity index (χ0) is 9.84. The Morgan fingerprint density at radius 2 is 1.92 bits per heavy atom. The van der Waals surface area contributed by atoms with Gasteiger partial charge in [0.1, 0.15) is 5.82 Å². The minimum atomic E-state index is -0.634. The van der Waals surface area contributed by atoms with Crippen molar-refractivity contribution in [1.82, 2.24) is 0 Å². The molecule has 0 aliphatic rings. The number of ether oxygens (including phenoxy) is 2. The van der Waals surface area contributed by atoms with Gasteiger partial charge in [0, 0.05) is 7.11 Å². The van der Waals surface area contributed by atoms with Crippen molar-refractivity contribution >= 4 is 15.9 Å². The van der Waals surface area contributed by atoms with Crippen molar-refractivity contribution < 1.29 is 18.3 Å². The molecule has 1 rings (SSSR count). The van der Waals surface area contributed by atoms with Crippen LogP contribution < -0.4 is 4.74 Å². The lowest BCUT2D eigenvalue weighted by Crippen LogP contribution is -2.02. The first kappa shape index (κ1) is 10.4. The third kappa shape index (κ3) is 2.38. The molecule has 0 aromatic heterocycles. The molecule has 1 aromatic rings. The van der Waals surface area contributed by atoms with E-state index in [0.29, 0.717) is 0 Å². The third-order valence-electron chi connectivity index (χ3n) is 1.32. The summed E-state index contributed by atoms with van der Waals surface area (Å²) >= 11 is 2.87. The van der Waals surface area contributed by atoms with Crippen molar-refractivity contribution in [2.75, 3.05) is 13.9 Å². The van der Waals surface area contributed by atoms with E-state index < -0.39 is 11.6 Å². The maximum Gasteiger partial charge on any atom is 0.188 e. The van der Waals surface area contributed by atoms with E-state index in [0.717, 1.165) is 12.1 Å². The second kappa shape index (κ2) is 4.53. The SMILES string of the molecule is COCOc1c(F)ccc(F)c1Br. The van der Waals surface area contributed by atoms with Crippen LogP contribution in [0.3, 0.4) is 0 Å². The fourth-order valence-electron chi connectivity index (χ4n) is 0.759. The first-order valence-corrected chi connectivity index (χ1v) is 4.21. The van der Waals surface area contributed by atoms with Crippen LogP contribution in [-0.2, 0) is 4.74 Å². The average molecular weight is 253 g/mol. The summed E-state index contributed by atoms with van der Waals surface area (Å²) in [5.74, 6) is -1.39. The average Bonchev–Trinajstić information content (AvgIpc) is 2.12. The highest BCUT2D eigenvalue weighted by Gasteiger charge is 2.12. The fourth-order valence-corrected chi connectivity index (χ4v) is 1.19. The van der Waals surface area contributed by atoms with E-state index in [2.05, 4.69) is 20.7 Å². The minimum Gasteiger partial charge on any atom is -0.463 e. The Morgan fingerprint density at radius 1 is 1.31 bits per heavy atom. The largest absolute Gasteiger partial charge is 0.463 e. The van der Waals surface area contributed by atoms with E-state index in [4.69, 9.17) is 4.74 Å². The van der Waals surface area contributed by atoms with E-state index in [1.165, 1.54) is 7.11 Å². The Hall–Kier alpha value is -0.680. The predicted molar refractivity (Wildman–Crippen MR) is 46.6 cm³/mol. The van der Waals surface area contributed by atoms with Crippen molar-refractivity contribution in [3.63, 3.8) is 0 Å². The molecule has 0 heterocycles. The number of halogens is 3. The summed E-state index contributed by atoms with van der Waals surface area (Å²) in [5, 5.41) is 0. The van der Waals surface area contributed by atoms with Crippen molar-refractivity contribution in [3.05, 3.63) is 28.2 Å². The van der Waals surface area contributed by atoms with Gasteiger partial charge < -0.3 is 9.47 Å². The number of methoxy groups -OCH3 is 1. The zero-order valence-corrected chi connectivity index (χ0v) is 8.40. The van der Waals surface area contributed by atoms with Crippen LogP contribution in [0, 0.1) is 11.6 Å².